The summed E-state index contributed by atoms with van der Waals surface area (Å²) >= 11 is 0. The van der Waals surface area contributed by atoms with Gasteiger partial charge in [-0.05, 0) is 38.8 Å². The molecule has 0 radical (unpaired) electrons. The van der Waals surface area contributed by atoms with Crippen LogP contribution in [0.2, 0.25) is 0 Å². The van der Waals surface area contributed by atoms with Gasteiger partial charge < -0.3 is 0 Å². The molecule has 1 unspecified atom stereocenters. The van der Waals surface area contributed by atoms with Crippen LogP contribution in [0, 0.1) is 0 Å². The third kappa shape index (κ3) is 3.24. The van der Waals surface area contributed by atoms with Gasteiger partial charge in [0.2, 0.25) is 0 Å². The molecule has 0 aliphatic heterocycles. The Balaban J connectivity index is 2.04. The van der Waals surface area contributed by atoms with Crippen molar-refractivity contribution in [3.05, 3.63) is 35.4 Å². The van der Waals surface area contributed by atoms with Crippen LogP contribution in [0.1, 0.15) is 55.5 Å². The van der Waals surface area contributed by atoms with Crippen LogP contribution in [-0.4, -0.2) is 29.8 Å². The zero-order valence-corrected chi connectivity index (χ0v) is 12.4. The number of nitrogens with zero attached hydrogens (tertiary/aromatic N) is 1. The number of carbonyl (C=O) groups excluding carboxylic acids is 1. The first kappa shape index (κ1) is 14.3. The maximum atomic E-state index is 12.5. The fourth-order valence-corrected chi connectivity index (χ4v) is 2.96. The lowest BCUT2D eigenvalue weighted by Crippen LogP contribution is -2.41. The van der Waals surface area contributed by atoms with Crippen molar-refractivity contribution >= 4 is 5.78 Å². The minimum absolute atomic E-state index is 0.0180. The third-order valence-corrected chi connectivity index (χ3v) is 4.54. The third-order valence-electron chi connectivity index (χ3n) is 4.54. The average Bonchev–Trinajstić information content (AvgIpc) is 2.99. The molecule has 104 valence electrons. The van der Waals surface area contributed by atoms with Gasteiger partial charge in [-0.3, -0.25) is 9.69 Å². The zero-order chi connectivity index (χ0) is 13.8. The molecule has 1 aliphatic carbocycles. The highest BCUT2D eigenvalue weighted by Crippen LogP contribution is 2.24. The smallest absolute Gasteiger partial charge is 0.179 e. The second-order valence-electron chi connectivity index (χ2n) is 5.69. The maximum Gasteiger partial charge on any atom is 0.179 e. The van der Waals surface area contributed by atoms with Gasteiger partial charge in [0.1, 0.15) is 0 Å². The molecule has 1 atom stereocenters. The van der Waals surface area contributed by atoms with Crippen LogP contribution in [0.5, 0.6) is 0 Å². The average molecular weight is 259 g/mol. The van der Waals surface area contributed by atoms with Gasteiger partial charge in [0.05, 0.1) is 6.04 Å². The molecule has 0 saturated heterocycles. The summed E-state index contributed by atoms with van der Waals surface area (Å²) in [7, 11) is 2.10. The first-order chi connectivity index (χ1) is 9.13. The molecule has 1 fully saturated rings. The highest BCUT2D eigenvalue weighted by Gasteiger charge is 2.27. The second kappa shape index (κ2) is 6.33. The fraction of sp³-hybridized carbons (Fsp3) is 0.588. The van der Waals surface area contributed by atoms with E-state index in [4.69, 9.17) is 0 Å². The summed E-state index contributed by atoms with van der Waals surface area (Å²) in [6.45, 7) is 4.17. The molecule has 2 rings (SSSR count). The lowest BCUT2D eigenvalue weighted by Gasteiger charge is -2.29. The molecule has 0 heterocycles. The van der Waals surface area contributed by atoms with E-state index in [1.54, 1.807) is 0 Å². The van der Waals surface area contributed by atoms with Crippen molar-refractivity contribution < 1.29 is 4.79 Å². The highest BCUT2D eigenvalue weighted by atomic mass is 16.1. The monoisotopic (exact) mass is 259 g/mol. The molecule has 0 N–H and O–H groups in total. The summed E-state index contributed by atoms with van der Waals surface area (Å²) in [4.78, 5) is 14.8. The van der Waals surface area contributed by atoms with Gasteiger partial charge >= 0.3 is 0 Å². The molecule has 0 bridgehead atoms. The predicted octanol–water partition coefficient (Wildman–Crippen LogP) is 3.69. The molecule has 0 aromatic heterocycles. The molecular weight excluding hydrogens is 234 g/mol. The van der Waals surface area contributed by atoms with Gasteiger partial charge in [-0.25, -0.2) is 0 Å². The number of ketones is 1. The van der Waals surface area contributed by atoms with Crippen molar-refractivity contribution in [2.75, 3.05) is 7.05 Å². The number of likely N-dealkylation sites (N-methyl/N-ethyl adjacent to an activating group) is 1. The van der Waals surface area contributed by atoms with Gasteiger partial charge in [-0.1, -0.05) is 44.0 Å². The Hall–Kier alpha value is -1.15. The summed E-state index contributed by atoms with van der Waals surface area (Å²) < 4.78 is 0. The Morgan fingerprint density at radius 1 is 1.26 bits per heavy atom. The van der Waals surface area contributed by atoms with Crippen molar-refractivity contribution in [2.45, 2.75) is 58.0 Å². The molecule has 0 amide bonds. The van der Waals surface area contributed by atoms with Gasteiger partial charge in [-0.2, -0.15) is 0 Å². The molecule has 0 spiro atoms. The lowest BCUT2D eigenvalue weighted by atomic mass is 10.0. The maximum absolute atomic E-state index is 12.5. The fourth-order valence-electron chi connectivity index (χ4n) is 2.96. The van der Waals surface area contributed by atoms with Crippen molar-refractivity contribution in [1.82, 2.24) is 4.90 Å². The number of hydrogen-bond acceptors (Lipinski definition) is 2. The van der Waals surface area contributed by atoms with E-state index in [1.807, 2.05) is 19.1 Å². The molecule has 1 saturated carbocycles. The zero-order valence-electron chi connectivity index (χ0n) is 12.4. The Kier molecular flexibility index (Phi) is 4.76. The molecule has 2 nitrogen and oxygen atoms in total. The first-order valence-corrected chi connectivity index (χ1v) is 7.48. The van der Waals surface area contributed by atoms with E-state index in [2.05, 4.69) is 31.0 Å². The Morgan fingerprint density at radius 2 is 1.84 bits per heavy atom. The summed E-state index contributed by atoms with van der Waals surface area (Å²) in [5.74, 6) is 0.247. The molecular formula is C17H25NO. The first-order valence-electron chi connectivity index (χ1n) is 7.48. The lowest BCUT2D eigenvalue weighted by molar-refractivity contribution is 0.0819. The number of rotatable bonds is 5. The number of Topliss-reactive ketones (excluding diaryl/α,β-unsaturated/α-hetero) is 1. The number of carbonyl (C=O) groups is 1. The molecule has 1 aliphatic rings. The number of aryl methyl sites for hydroxylation is 1. The summed E-state index contributed by atoms with van der Waals surface area (Å²) in [5, 5.41) is 0. The molecule has 19 heavy (non-hydrogen) atoms. The SMILES string of the molecule is CCc1ccc(C(=O)C(C)N(C)C2CCCC2)cc1. The number of benzene rings is 1. The van der Waals surface area contributed by atoms with Crippen LogP contribution < -0.4 is 0 Å². The van der Waals surface area contributed by atoms with Gasteiger partial charge in [0.15, 0.2) is 5.78 Å². The van der Waals surface area contributed by atoms with Gasteiger partial charge in [0.25, 0.3) is 0 Å². The quantitative estimate of drug-likeness (QED) is 0.752. The molecule has 2 heteroatoms. The van der Waals surface area contributed by atoms with Crippen LogP contribution in [0.25, 0.3) is 0 Å². The second-order valence-corrected chi connectivity index (χ2v) is 5.69. The van der Waals surface area contributed by atoms with E-state index in [9.17, 15) is 4.79 Å². The van der Waals surface area contributed by atoms with E-state index in [1.165, 1.54) is 31.2 Å². The van der Waals surface area contributed by atoms with Crippen LogP contribution in [0.3, 0.4) is 0 Å². The van der Waals surface area contributed by atoms with Gasteiger partial charge in [-0.15, -0.1) is 0 Å². The molecule has 1 aromatic rings. The number of hydrogen-bond donors (Lipinski definition) is 0. The summed E-state index contributed by atoms with van der Waals surface area (Å²) in [6.07, 6.45) is 6.11. The minimum Gasteiger partial charge on any atom is -0.294 e. The van der Waals surface area contributed by atoms with E-state index in [0.29, 0.717) is 6.04 Å². The Morgan fingerprint density at radius 3 is 2.37 bits per heavy atom. The standard InChI is InChI=1S/C17H25NO/c1-4-14-9-11-15(12-10-14)17(19)13(2)18(3)16-7-5-6-8-16/h9-13,16H,4-8H2,1-3H3. The van der Waals surface area contributed by atoms with Gasteiger partial charge in [0, 0.05) is 11.6 Å². The summed E-state index contributed by atoms with van der Waals surface area (Å²) in [6, 6.07) is 8.65. The van der Waals surface area contributed by atoms with Crippen molar-refractivity contribution in [3.8, 4) is 0 Å². The van der Waals surface area contributed by atoms with Crippen LogP contribution in [0.4, 0.5) is 0 Å². The van der Waals surface area contributed by atoms with Crippen LogP contribution >= 0.6 is 0 Å². The van der Waals surface area contributed by atoms with E-state index in [0.717, 1.165) is 12.0 Å². The van der Waals surface area contributed by atoms with E-state index in [-0.39, 0.29) is 11.8 Å². The Bertz CT molecular complexity index is 417. The Labute approximate surface area is 116 Å². The predicted molar refractivity (Wildman–Crippen MR) is 79.6 cm³/mol. The molecule has 1 aromatic carbocycles. The highest BCUT2D eigenvalue weighted by molar-refractivity contribution is 5.99. The van der Waals surface area contributed by atoms with E-state index >= 15 is 0 Å². The topological polar surface area (TPSA) is 20.3 Å². The summed E-state index contributed by atoms with van der Waals surface area (Å²) in [5.41, 5.74) is 2.13. The van der Waals surface area contributed by atoms with Crippen molar-refractivity contribution in [3.63, 3.8) is 0 Å². The minimum atomic E-state index is -0.0180. The van der Waals surface area contributed by atoms with Crippen molar-refractivity contribution in [1.29, 1.82) is 0 Å². The van der Waals surface area contributed by atoms with Crippen LogP contribution in [0.15, 0.2) is 24.3 Å². The van der Waals surface area contributed by atoms with Crippen LogP contribution in [-0.2, 0) is 6.42 Å². The largest absolute Gasteiger partial charge is 0.294 e. The van der Waals surface area contributed by atoms with E-state index < -0.39 is 0 Å². The van der Waals surface area contributed by atoms with Crippen molar-refractivity contribution in [2.24, 2.45) is 0 Å². The normalized spacial score (nSPS) is 17.9.